The minimum Gasteiger partial charge on any atom is -0.497 e. The number of aliphatic carboxylic acids is 1. The van der Waals surface area contributed by atoms with E-state index in [1.54, 1.807) is 37.4 Å². The zero-order valence-electron chi connectivity index (χ0n) is 20.4. The van der Waals surface area contributed by atoms with E-state index in [2.05, 4.69) is 0 Å². The third kappa shape index (κ3) is 5.74. The highest BCUT2D eigenvalue weighted by molar-refractivity contribution is 6.30. The number of amides is 1. The molecule has 1 heterocycles. The normalized spacial score (nSPS) is 16.1. The average molecular weight is 510 g/mol. The molecule has 0 bridgehead atoms. The zero-order valence-corrected chi connectivity index (χ0v) is 21.2. The first-order valence-electron chi connectivity index (χ1n) is 11.5. The van der Waals surface area contributed by atoms with E-state index in [0.717, 1.165) is 16.7 Å². The lowest BCUT2D eigenvalue weighted by atomic mass is 9.91. The van der Waals surface area contributed by atoms with Gasteiger partial charge < -0.3 is 24.2 Å². The zero-order chi connectivity index (χ0) is 25.9. The molecule has 0 aromatic heterocycles. The number of ether oxygens (including phenoxy) is 3. The number of fused-ring (bicyclic) bond motifs is 1. The van der Waals surface area contributed by atoms with E-state index < -0.39 is 24.0 Å². The molecule has 0 fully saturated rings. The van der Waals surface area contributed by atoms with Crippen LogP contribution in [0.4, 0.5) is 0 Å². The van der Waals surface area contributed by atoms with Gasteiger partial charge in [0, 0.05) is 35.5 Å². The lowest BCUT2D eigenvalue weighted by Gasteiger charge is -2.24. The Morgan fingerprint density at radius 1 is 1.06 bits per heavy atom. The Kier molecular flexibility index (Phi) is 7.40. The summed E-state index contributed by atoms with van der Waals surface area (Å²) in [5.74, 6) is 0.160. The second kappa shape index (κ2) is 10.5. The number of carbonyl (C=O) groups excluding carboxylic acids is 1. The molecule has 0 saturated carbocycles. The standard InChI is InChI=1S/C28H28ClNO6/c1-28(14-18-7-9-22(29)10-8-18)15-21-12-20(13-24(35-3)26(21)36-28)27(33)30(17-25(31)32)16-19-5-4-6-23(11-19)34-2/h4-13H,14-17H2,1-3H3,(H,31,32). The molecule has 0 radical (unpaired) electrons. The maximum Gasteiger partial charge on any atom is 0.323 e. The van der Waals surface area contributed by atoms with Crippen LogP contribution in [0.3, 0.4) is 0 Å². The number of benzene rings is 3. The summed E-state index contributed by atoms with van der Waals surface area (Å²) in [5, 5.41) is 10.1. The Hall–Kier alpha value is -3.71. The van der Waals surface area contributed by atoms with E-state index in [-0.39, 0.29) is 6.54 Å². The van der Waals surface area contributed by atoms with Crippen LogP contribution in [0, 0.1) is 0 Å². The molecule has 1 aliphatic heterocycles. The Labute approximate surface area is 215 Å². The summed E-state index contributed by atoms with van der Waals surface area (Å²) < 4.78 is 17.2. The lowest BCUT2D eigenvalue weighted by Crippen LogP contribution is -2.35. The smallest absolute Gasteiger partial charge is 0.323 e. The minimum absolute atomic E-state index is 0.118. The van der Waals surface area contributed by atoms with Crippen molar-refractivity contribution in [2.24, 2.45) is 0 Å². The number of halogens is 1. The second-order valence-corrected chi connectivity index (χ2v) is 9.54. The summed E-state index contributed by atoms with van der Waals surface area (Å²) in [6.45, 7) is 1.69. The molecule has 3 aromatic carbocycles. The van der Waals surface area contributed by atoms with Gasteiger partial charge in [0.2, 0.25) is 0 Å². The third-order valence-corrected chi connectivity index (χ3v) is 6.38. The number of hydrogen-bond acceptors (Lipinski definition) is 5. The highest BCUT2D eigenvalue weighted by Crippen LogP contribution is 2.44. The first kappa shape index (κ1) is 25.4. The molecule has 7 nitrogen and oxygen atoms in total. The van der Waals surface area contributed by atoms with Gasteiger partial charge in [-0.2, -0.15) is 0 Å². The van der Waals surface area contributed by atoms with Gasteiger partial charge in [-0.15, -0.1) is 0 Å². The predicted octanol–water partition coefficient (Wildman–Crippen LogP) is 5.02. The van der Waals surface area contributed by atoms with Crippen molar-refractivity contribution >= 4 is 23.5 Å². The summed E-state index contributed by atoms with van der Waals surface area (Å²) in [4.78, 5) is 26.4. The molecule has 188 valence electrons. The Morgan fingerprint density at radius 2 is 1.81 bits per heavy atom. The van der Waals surface area contributed by atoms with E-state index in [0.29, 0.717) is 40.7 Å². The van der Waals surface area contributed by atoms with Gasteiger partial charge in [-0.25, -0.2) is 0 Å². The number of nitrogens with zero attached hydrogens (tertiary/aromatic N) is 1. The van der Waals surface area contributed by atoms with Gasteiger partial charge in [0.05, 0.1) is 14.2 Å². The van der Waals surface area contributed by atoms with Gasteiger partial charge in [-0.3, -0.25) is 9.59 Å². The summed E-state index contributed by atoms with van der Waals surface area (Å²) in [7, 11) is 3.08. The predicted molar refractivity (Wildman–Crippen MR) is 136 cm³/mol. The minimum atomic E-state index is -1.10. The van der Waals surface area contributed by atoms with Crippen LogP contribution in [-0.4, -0.2) is 48.2 Å². The van der Waals surface area contributed by atoms with Crippen LogP contribution in [0.15, 0.2) is 60.7 Å². The van der Waals surface area contributed by atoms with Crippen LogP contribution in [0.5, 0.6) is 17.2 Å². The van der Waals surface area contributed by atoms with Crippen molar-refractivity contribution in [3.05, 3.63) is 87.9 Å². The molecule has 36 heavy (non-hydrogen) atoms. The number of methoxy groups -OCH3 is 2. The summed E-state index contributed by atoms with van der Waals surface area (Å²) in [6.07, 6.45) is 1.21. The van der Waals surface area contributed by atoms with Gasteiger partial charge in [0.25, 0.3) is 5.91 Å². The van der Waals surface area contributed by atoms with E-state index in [9.17, 15) is 14.7 Å². The van der Waals surface area contributed by atoms with Crippen molar-refractivity contribution in [3.63, 3.8) is 0 Å². The average Bonchev–Trinajstić information content (AvgIpc) is 3.19. The quantitative estimate of drug-likeness (QED) is 0.436. The number of rotatable bonds is 9. The highest BCUT2D eigenvalue weighted by atomic mass is 35.5. The number of carboxylic acids is 1. The number of hydrogen-bond donors (Lipinski definition) is 1. The molecule has 0 aliphatic carbocycles. The molecule has 1 unspecified atom stereocenters. The molecular formula is C28H28ClNO6. The van der Waals surface area contributed by atoms with Crippen LogP contribution in [-0.2, 0) is 24.2 Å². The van der Waals surface area contributed by atoms with E-state index in [4.69, 9.17) is 25.8 Å². The van der Waals surface area contributed by atoms with Crippen LogP contribution in [0.2, 0.25) is 5.02 Å². The summed E-state index contributed by atoms with van der Waals surface area (Å²) >= 11 is 6.02. The fraction of sp³-hybridized carbons (Fsp3) is 0.286. The van der Waals surface area contributed by atoms with Crippen molar-refractivity contribution in [3.8, 4) is 17.2 Å². The van der Waals surface area contributed by atoms with Crippen molar-refractivity contribution in [1.82, 2.24) is 4.90 Å². The van der Waals surface area contributed by atoms with Gasteiger partial charge in [0.15, 0.2) is 11.5 Å². The summed E-state index contributed by atoms with van der Waals surface area (Å²) in [6, 6.07) is 18.2. The third-order valence-electron chi connectivity index (χ3n) is 6.12. The first-order valence-corrected chi connectivity index (χ1v) is 11.9. The van der Waals surface area contributed by atoms with E-state index >= 15 is 0 Å². The van der Waals surface area contributed by atoms with Crippen LogP contribution in [0.25, 0.3) is 0 Å². The first-order chi connectivity index (χ1) is 17.2. The second-order valence-electron chi connectivity index (χ2n) is 9.11. The molecule has 1 N–H and O–H groups in total. The van der Waals surface area contributed by atoms with E-state index in [1.807, 2.05) is 37.3 Å². The molecule has 1 atom stereocenters. The van der Waals surface area contributed by atoms with Crippen molar-refractivity contribution in [2.45, 2.75) is 31.9 Å². The van der Waals surface area contributed by atoms with Gasteiger partial charge in [0.1, 0.15) is 17.9 Å². The lowest BCUT2D eigenvalue weighted by molar-refractivity contribution is -0.137. The summed E-state index contributed by atoms with van der Waals surface area (Å²) in [5.41, 5.74) is 2.48. The van der Waals surface area contributed by atoms with Crippen LogP contribution < -0.4 is 14.2 Å². The number of carboxylic acid groups (broad SMARTS) is 1. The maximum atomic E-state index is 13.5. The van der Waals surface area contributed by atoms with E-state index in [1.165, 1.54) is 12.0 Å². The molecular weight excluding hydrogens is 482 g/mol. The molecule has 1 aliphatic rings. The fourth-order valence-electron chi connectivity index (χ4n) is 4.54. The van der Waals surface area contributed by atoms with Gasteiger partial charge >= 0.3 is 5.97 Å². The molecule has 4 rings (SSSR count). The monoisotopic (exact) mass is 509 g/mol. The molecule has 0 spiro atoms. The Morgan fingerprint density at radius 3 is 2.47 bits per heavy atom. The highest BCUT2D eigenvalue weighted by Gasteiger charge is 2.38. The Balaban J connectivity index is 1.61. The van der Waals surface area contributed by atoms with Crippen molar-refractivity contribution in [2.75, 3.05) is 20.8 Å². The Bertz CT molecular complexity index is 1280. The maximum absolute atomic E-state index is 13.5. The fourth-order valence-corrected chi connectivity index (χ4v) is 4.66. The topological polar surface area (TPSA) is 85.3 Å². The largest absolute Gasteiger partial charge is 0.497 e. The number of carbonyl (C=O) groups is 2. The molecule has 0 saturated heterocycles. The van der Waals surface area contributed by atoms with Crippen LogP contribution in [0.1, 0.15) is 34.0 Å². The van der Waals surface area contributed by atoms with Gasteiger partial charge in [-0.1, -0.05) is 35.9 Å². The van der Waals surface area contributed by atoms with Crippen LogP contribution >= 0.6 is 11.6 Å². The van der Waals surface area contributed by atoms with Crippen molar-refractivity contribution in [1.29, 1.82) is 0 Å². The molecule has 1 amide bonds. The molecule has 8 heteroatoms. The van der Waals surface area contributed by atoms with Crippen molar-refractivity contribution < 1.29 is 28.9 Å². The SMILES string of the molecule is COc1cccc(CN(CC(=O)O)C(=O)c2cc3c(c(OC)c2)OC(C)(Cc2ccc(Cl)cc2)C3)c1. The van der Waals surface area contributed by atoms with Gasteiger partial charge in [-0.05, 0) is 54.4 Å². The molecule has 3 aromatic rings.